The minimum Gasteiger partial charge on any atom is -0.127 e. The average molecular weight is 265 g/mol. The van der Waals surface area contributed by atoms with Crippen molar-refractivity contribution in [3.63, 3.8) is 0 Å². The third-order valence-corrected chi connectivity index (χ3v) is 9.62. The van der Waals surface area contributed by atoms with Gasteiger partial charge in [0.25, 0.3) is 0 Å². The van der Waals surface area contributed by atoms with Crippen LogP contribution in [-0.2, 0) is 0 Å². The number of rotatable bonds is 0. The lowest BCUT2D eigenvalue weighted by Gasteiger charge is -2.65. The first-order chi connectivity index (χ1) is 6.24. The molecular weight excluding hydrogens is 248 g/mol. The Labute approximate surface area is 103 Å². The van der Waals surface area contributed by atoms with E-state index in [2.05, 4.69) is 74.7 Å². The Morgan fingerprint density at radius 3 is 1.00 bits per heavy atom. The summed E-state index contributed by atoms with van der Waals surface area (Å²) >= 11 is 8.89. The predicted molar refractivity (Wildman–Crippen MR) is 73.2 cm³/mol. The van der Waals surface area contributed by atoms with Gasteiger partial charge in [0.2, 0.25) is 0 Å². The molecule has 4 saturated heterocycles. The zero-order chi connectivity index (χ0) is 10.2. The highest BCUT2D eigenvalue weighted by Gasteiger charge is 2.65. The van der Waals surface area contributed by atoms with E-state index < -0.39 is 0 Å². The minimum absolute atomic E-state index is 0.479. The summed E-state index contributed by atoms with van der Waals surface area (Å²) in [4.78, 5) is 0. The second kappa shape index (κ2) is 2.62. The molecule has 0 atom stereocenters. The second-order valence-electron chi connectivity index (χ2n) is 5.30. The van der Waals surface area contributed by atoms with Crippen molar-refractivity contribution in [1.82, 2.24) is 0 Å². The van der Waals surface area contributed by atoms with Crippen LogP contribution in [0.3, 0.4) is 0 Å². The zero-order valence-electron chi connectivity index (χ0n) is 9.05. The van der Waals surface area contributed by atoms with Crippen molar-refractivity contribution in [2.45, 2.75) is 56.9 Å². The van der Waals surface area contributed by atoms with Gasteiger partial charge in [0.05, 0.1) is 16.3 Å². The van der Waals surface area contributed by atoms with Gasteiger partial charge in [0.1, 0.15) is 0 Å². The van der Waals surface area contributed by atoms with Gasteiger partial charge in [0, 0.05) is 0 Å². The second-order valence-corrected chi connectivity index (χ2v) is 14.4. The maximum atomic E-state index is 2.45. The van der Waals surface area contributed by atoms with E-state index in [1.165, 1.54) is 12.8 Å². The first kappa shape index (κ1) is 10.5. The third kappa shape index (κ3) is 1.47. The Bertz CT molecular complexity index is 205. The molecule has 0 unspecified atom stereocenters. The van der Waals surface area contributed by atoms with E-state index >= 15 is 0 Å². The molecule has 4 aliphatic rings. The van der Waals surface area contributed by atoms with Crippen molar-refractivity contribution in [2.75, 3.05) is 0 Å². The monoisotopic (exact) mass is 264 g/mol. The summed E-state index contributed by atoms with van der Waals surface area (Å²) in [5, 5.41) is 0. The van der Waals surface area contributed by atoms with Crippen LogP contribution in [0, 0.1) is 0 Å². The maximum absolute atomic E-state index is 2.45. The SMILES string of the molecule is CC12CC3(C)SC(C)(CC(C)(S1)S3)S2. The molecule has 0 spiro atoms. The standard InChI is InChI=1S/C10H16S4/c1-7-5-8(2)13-9(3,11-7)6-10(4,12-7)14-8/h5-6H2,1-4H3. The van der Waals surface area contributed by atoms with Crippen molar-refractivity contribution in [2.24, 2.45) is 0 Å². The topological polar surface area (TPSA) is 0 Å². The lowest BCUT2D eigenvalue weighted by Crippen LogP contribution is -2.56. The summed E-state index contributed by atoms with van der Waals surface area (Å²) in [5.41, 5.74) is 0. The molecule has 14 heavy (non-hydrogen) atoms. The van der Waals surface area contributed by atoms with Crippen molar-refractivity contribution in [3.05, 3.63) is 0 Å². The smallest absolute Gasteiger partial charge is 0.0632 e. The Hall–Kier alpha value is 1.40. The van der Waals surface area contributed by atoms with Gasteiger partial charge in [0.15, 0.2) is 0 Å². The molecule has 4 heterocycles. The molecule has 4 fully saturated rings. The molecule has 4 rings (SSSR count). The number of hydrogen-bond donors (Lipinski definition) is 0. The van der Waals surface area contributed by atoms with Crippen molar-refractivity contribution < 1.29 is 0 Å². The fraction of sp³-hybridized carbons (Fsp3) is 1.00. The van der Waals surface area contributed by atoms with Gasteiger partial charge in [-0.25, -0.2) is 0 Å². The van der Waals surface area contributed by atoms with E-state index in [1.54, 1.807) is 0 Å². The summed E-state index contributed by atoms with van der Waals surface area (Å²) in [6, 6.07) is 0. The van der Waals surface area contributed by atoms with Crippen LogP contribution in [0.25, 0.3) is 0 Å². The lowest BCUT2D eigenvalue weighted by atomic mass is 10.2. The molecule has 0 aromatic carbocycles. The molecule has 0 aromatic rings. The Balaban J connectivity index is 2.08. The Morgan fingerprint density at radius 1 is 0.571 bits per heavy atom. The van der Waals surface area contributed by atoms with E-state index in [-0.39, 0.29) is 0 Å². The molecule has 0 N–H and O–H groups in total. The van der Waals surface area contributed by atoms with Crippen LogP contribution >= 0.6 is 47.0 Å². The van der Waals surface area contributed by atoms with Crippen molar-refractivity contribution in [1.29, 1.82) is 0 Å². The van der Waals surface area contributed by atoms with Crippen LogP contribution in [0.15, 0.2) is 0 Å². The average Bonchev–Trinajstić information content (AvgIpc) is 1.67. The summed E-state index contributed by atoms with van der Waals surface area (Å²) in [5.74, 6) is 0. The van der Waals surface area contributed by atoms with Crippen LogP contribution in [0.4, 0.5) is 0 Å². The maximum Gasteiger partial charge on any atom is 0.0632 e. The normalized spacial score (nSPS) is 66.0. The summed E-state index contributed by atoms with van der Waals surface area (Å²) in [6.45, 7) is 9.82. The fourth-order valence-corrected chi connectivity index (χ4v) is 16.4. The molecular formula is C10H16S4. The number of hydrogen-bond acceptors (Lipinski definition) is 4. The van der Waals surface area contributed by atoms with Gasteiger partial charge in [-0.2, -0.15) is 0 Å². The molecule has 0 nitrogen and oxygen atoms in total. The Morgan fingerprint density at radius 2 is 0.786 bits per heavy atom. The molecule has 0 radical (unpaired) electrons. The van der Waals surface area contributed by atoms with Crippen molar-refractivity contribution in [3.8, 4) is 0 Å². The van der Waals surface area contributed by atoms with Gasteiger partial charge in [-0.3, -0.25) is 0 Å². The van der Waals surface area contributed by atoms with E-state index in [0.717, 1.165) is 0 Å². The molecule has 80 valence electrons. The van der Waals surface area contributed by atoms with Crippen LogP contribution in [0.2, 0.25) is 0 Å². The first-order valence-electron chi connectivity index (χ1n) is 5.05. The summed E-state index contributed by atoms with van der Waals surface area (Å²) in [7, 11) is 0. The highest BCUT2D eigenvalue weighted by molar-refractivity contribution is 8.38. The first-order valence-corrected chi connectivity index (χ1v) is 8.31. The molecule has 4 heteroatoms. The molecule has 4 bridgehead atoms. The molecule has 4 aliphatic heterocycles. The van der Waals surface area contributed by atoms with Gasteiger partial charge in [-0.1, -0.05) is 0 Å². The van der Waals surface area contributed by atoms with Crippen LogP contribution < -0.4 is 0 Å². The van der Waals surface area contributed by atoms with Crippen LogP contribution in [-0.4, -0.2) is 16.3 Å². The summed E-state index contributed by atoms with van der Waals surface area (Å²) < 4.78 is 1.92. The van der Waals surface area contributed by atoms with Crippen LogP contribution in [0.1, 0.15) is 40.5 Å². The van der Waals surface area contributed by atoms with Gasteiger partial charge < -0.3 is 0 Å². The number of thioether (sulfide) groups is 4. The lowest BCUT2D eigenvalue weighted by molar-refractivity contribution is 0.592. The molecule has 0 saturated carbocycles. The highest BCUT2D eigenvalue weighted by Crippen LogP contribution is 2.80. The van der Waals surface area contributed by atoms with E-state index in [9.17, 15) is 0 Å². The molecule has 0 amide bonds. The highest BCUT2D eigenvalue weighted by atomic mass is 32.3. The predicted octanol–water partition coefficient (Wildman–Crippen LogP) is 4.61. The van der Waals surface area contributed by atoms with Crippen LogP contribution in [0.5, 0.6) is 0 Å². The van der Waals surface area contributed by atoms with Crippen molar-refractivity contribution >= 4 is 47.0 Å². The van der Waals surface area contributed by atoms with E-state index in [4.69, 9.17) is 0 Å². The molecule has 0 aliphatic carbocycles. The zero-order valence-corrected chi connectivity index (χ0v) is 12.3. The van der Waals surface area contributed by atoms with E-state index in [1.807, 2.05) is 0 Å². The summed E-state index contributed by atoms with van der Waals surface area (Å²) in [6.07, 6.45) is 2.71. The van der Waals surface area contributed by atoms with Gasteiger partial charge >= 0.3 is 0 Å². The minimum atomic E-state index is 0.479. The largest absolute Gasteiger partial charge is 0.127 e. The quantitative estimate of drug-likeness (QED) is 0.626. The van der Waals surface area contributed by atoms with Gasteiger partial charge in [-0.05, 0) is 40.5 Å². The Kier molecular flexibility index (Phi) is 1.98. The van der Waals surface area contributed by atoms with Gasteiger partial charge in [-0.15, -0.1) is 47.0 Å². The van der Waals surface area contributed by atoms with E-state index in [0.29, 0.717) is 16.3 Å². The fourth-order valence-electron chi connectivity index (χ4n) is 3.37. The third-order valence-electron chi connectivity index (χ3n) is 3.01. The molecule has 0 aromatic heterocycles.